The fourth-order valence-corrected chi connectivity index (χ4v) is 0.863. The number of ether oxygens (including phenoxy) is 1. The molecule has 0 atom stereocenters. The van der Waals surface area contributed by atoms with Crippen molar-refractivity contribution in [3.8, 4) is 12.3 Å². The second-order valence-electron chi connectivity index (χ2n) is 2.75. The summed E-state index contributed by atoms with van der Waals surface area (Å²) in [5, 5.41) is 2.79. The number of rotatable bonds is 7. The fourth-order valence-electron chi connectivity index (χ4n) is 0.863. The molecule has 0 rings (SSSR count). The number of unbranched alkanes of at least 4 members (excludes halogenated alkanes) is 2. The summed E-state index contributed by atoms with van der Waals surface area (Å²) in [7, 11) is 1.58. The molecule has 74 valence electrons. The van der Waals surface area contributed by atoms with Gasteiger partial charge in [0, 0.05) is 26.5 Å². The van der Waals surface area contributed by atoms with Crippen LogP contribution in [0, 0.1) is 12.3 Å². The number of nitrogens with one attached hydrogen (secondary N) is 1. The average Bonchev–Trinajstić information content (AvgIpc) is 2.14. The Morgan fingerprint density at radius 2 is 2.31 bits per heavy atom. The van der Waals surface area contributed by atoms with Gasteiger partial charge in [-0.25, -0.2) is 0 Å². The summed E-state index contributed by atoms with van der Waals surface area (Å²) in [6.45, 7) is 1.19. The molecule has 3 nitrogen and oxygen atoms in total. The van der Waals surface area contributed by atoms with Crippen molar-refractivity contribution in [3.05, 3.63) is 0 Å². The molecule has 0 aliphatic rings. The molecule has 0 saturated heterocycles. The number of amides is 1. The van der Waals surface area contributed by atoms with E-state index in [-0.39, 0.29) is 5.91 Å². The largest absolute Gasteiger partial charge is 0.384 e. The first-order valence-electron chi connectivity index (χ1n) is 4.50. The van der Waals surface area contributed by atoms with E-state index in [1.54, 1.807) is 7.11 Å². The van der Waals surface area contributed by atoms with E-state index in [1.807, 2.05) is 0 Å². The van der Waals surface area contributed by atoms with Crippen LogP contribution in [-0.2, 0) is 9.53 Å². The Kier molecular flexibility index (Phi) is 8.38. The Hall–Kier alpha value is -1.01. The third-order valence-corrected chi connectivity index (χ3v) is 1.60. The van der Waals surface area contributed by atoms with E-state index in [9.17, 15) is 4.79 Å². The second-order valence-corrected chi connectivity index (χ2v) is 2.75. The van der Waals surface area contributed by atoms with Gasteiger partial charge in [-0.2, -0.15) is 0 Å². The zero-order chi connectivity index (χ0) is 9.94. The topological polar surface area (TPSA) is 38.3 Å². The molecule has 3 heteroatoms. The lowest BCUT2D eigenvalue weighted by Crippen LogP contribution is -2.25. The van der Waals surface area contributed by atoms with E-state index >= 15 is 0 Å². The van der Waals surface area contributed by atoms with E-state index in [0.717, 1.165) is 19.3 Å². The van der Waals surface area contributed by atoms with E-state index in [4.69, 9.17) is 11.2 Å². The lowest BCUT2D eigenvalue weighted by atomic mass is 10.2. The highest BCUT2D eigenvalue weighted by atomic mass is 16.5. The average molecular weight is 183 g/mol. The molecule has 0 bridgehead atoms. The van der Waals surface area contributed by atoms with Crippen molar-refractivity contribution < 1.29 is 9.53 Å². The van der Waals surface area contributed by atoms with Gasteiger partial charge in [0.2, 0.25) is 5.91 Å². The predicted octanol–water partition coefficient (Wildman–Crippen LogP) is 0.943. The summed E-state index contributed by atoms with van der Waals surface area (Å²) in [6, 6.07) is 0. The quantitative estimate of drug-likeness (QED) is 0.471. The number of hydrogen-bond donors (Lipinski definition) is 1. The van der Waals surface area contributed by atoms with Gasteiger partial charge < -0.3 is 10.1 Å². The van der Waals surface area contributed by atoms with Crippen LogP contribution in [0.3, 0.4) is 0 Å². The van der Waals surface area contributed by atoms with Crippen LogP contribution in [0.25, 0.3) is 0 Å². The summed E-state index contributed by atoms with van der Waals surface area (Å²) in [5.41, 5.74) is 0. The molecule has 0 fully saturated rings. The van der Waals surface area contributed by atoms with Crippen LogP contribution in [0.15, 0.2) is 0 Å². The van der Waals surface area contributed by atoms with Crippen molar-refractivity contribution in [1.82, 2.24) is 5.32 Å². The van der Waals surface area contributed by atoms with E-state index < -0.39 is 0 Å². The van der Waals surface area contributed by atoms with E-state index in [2.05, 4.69) is 11.2 Å². The first kappa shape index (κ1) is 12.0. The third-order valence-electron chi connectivity index (χ3n) is 1.60. The van der Waals surface area contributed by atoms with Crippen LogP contribution >= 0.6 is 0 Å². The maximum absolute atomic E-state index is 11.0. The van der Waals surface area contributed by atoms with Crippen LogP contribution < -0.4 is 5.32 Å². The van der Waals surface area contributed by atoms with Gasteiger partial charge >= 0.3 is 0 Å². The Bertz CT molecular complexity index is 172. The van der Waals surface area contributed by atoms with Crippen molar-refractivity contribution in [2.45, 2.75) is 25.7 Å². The first-order valence-corrected chi connectivity index (χ1v) is 4.50. The monoisotopic (exact) mass is 183 g/mol. The van der Waals surface area contributed by atoms with E-state index in [1.165, 1.54) is 0 Å². The molecule has 0 radical (unpaired) electrons. The molecule has 0 aromatic rings. The zero-order valence-electron chi connectivity index (χ0n) is 8.14. The summed E-state index contributed by atoms with van der Waals surface area (Å²) in [4.78, 5) is 11.0. The third kappa shape index (κ3) is 8.90. The Morgan fingerprint density at radius 1 is 1.54 bits per heavy atom. The highest BCUT2D eigenvalue weighted by molar-refractivity contribution is 5.75. The van der Waals surface area contributed by atoms with E-state index in [0.29, 0.717) is 19.6 Å². The summed E-state index contributed by atoms with van der Waals surface area (Å²) in [6.07, 6.45) is 8.22. The van der Waals surface area contributed by atoms with Crippen molar-refractivity contribution in [3.63, 3.8) is 0 Å². The molecule has 0 aliphatic carbocycles. The van der Waals surface area contributed by atoms with Gasteiger partial charge in [-0.1, -0.05) is 0 Å². The summed E-state index contributed by atoms with van der Waals surface area (Å²) >= 11 is 0. The number of methoxy groups -OCH3 is 1. The van der Waals surface area contributed by atoms with Gasteiger partial charge in [-0.3, -0.25) is 4.79 Å². The molecule has 0 aromatic heterocycles. The molecule has 0 spiro atoms. The highest BCUT2D eigenvalue weighted by Gasteiger charge is 1.98. The van der Waals surface area contributed by atoms with Crippen LogP contribution in [-0.4, -0.2) is 26.2 Å². The van der Waals surface area contributed by atoms with Crippen molar-refractivity contribution in [1.29, 1.82) is 0 Å². The minimum absolute atomic E-state index is 0.0440. The van der Waals surface area contributed by atoms with Crippen LogP contribution in [0.1, 0.15) is 25.7 Å². The lowest BCUT2D eigenvalue weighted by Gasteiger charge is -2.03. The second kappa shape index (κ2) is 9.08. The molecule has 13 heavy (non-hydrogen) atoms. The van der Waals surface area contributed by atoms with Crippen LogP contribution in [0.4, 0.5) is 0 Å². The van der Waals surface area contributed by atoms with Gasteiger partial charge in [0.1, 0.15) is 0 Å². The first-order chi connectivity index (χ1) is 6.31. The normalized spacial score (nSPS) is 9.23. The Balaban J connectivity index is 3.13. The van der Waals surface area contributed by atoms with Gasteiger partial charge in [0.05, 0.1) is 6.61 Å². The van der Waals surface area contributed by atoms with Gasteiger partial charge in [0.25, 0.3) is 0 Å². The summed E-state index contributed by atoms with van der Waals surface area (Å²) in [5.74, 6) is 2.60. The lowest BCUT2D eigenvalue weighted by molar-refractivity contribution is -0.121. The van der Waals surface area contributed by atoms with Gasteiger partial charge in [0.15, 0.2) is 0 Å². The molecule has 0 aliphatic heterocycles. The number of carbonyl (C=O) groups is 1. The standard InChI is InChI=1S/C10H17NO2/c1-3-4-5-6-8-11-10(12)7-9-13-2/h1H,4-9H2,2H3,(H,11,12). The van der Waals surface area contributed by atoms with Crippen LogP contribution in [0.5, 0.6) is 0 Å². The Morgan fingerprint density at radius 3 is 2.92 bits per heavy atom. The molecule has 1 N–H and O–H groups in total. The number of hydrogen-bond acceptors (Lipinski definition) is 2. The molecule has 0 unspecified atom stereocenters. The van der Waals surface area contributed by atoms with Crippen molar-refractivity contribution in [2.75, 3.05) is 20.3 Å². The molecule has 0 saturated carbocycles. The van der Waals surface area contributed by atoms with Crippen molar-refractivity contribution in [2.24, 2.45) is 0 Å². The van der Waals surface area contributed by atoms with Crippen molar-refractivity contribution >= 4 is 5.91 Å². The molecular formula is C10H17NO2. The van der Waals surface area contributed by atoms with Gasteiger partial charge in [-0.15, -0.1) is 12.3 Å². The fraction of sp³-hybridized carbons (Fsp3) is 0.700. The number of terminal acetylenes is 1. The SMILES string of the molecule is C#CCCCCNC(=O)CCOC. The number of carbonyl (C=O) groups excluding carboxylic acids is 1. The summed E-state index contributed by atoms with van der Waals surface area (Å²) < 4.78 is 4.77. The predicted molar refractivity (Wildman–Crippen MR) is 52.2 cm³/mol. The smallest absolute Gasteiger partial charge is 0.222 e. The minimum atomic E-state index is 0.0440. The maximum atomic E-state index is 11.0. The highest BCUT2D eigenvalue weighted by Crippen LogP contribution is 1.91. The maximum Gasteiger partial charge on any atom is 0.222 e. The molecule has 0 aromatic carbocycles. The molecular weight excluding hydrogens is 166 g/mol. The molecule has 0 heterocycles. The minimum Gasteiger partial charge on any atom is -0.384 e. The molecule has 1 amide bonds. The zero-order valence-corrected chi connectivity index (χ0v) is 8.14. The van der Waals surface area contributed by atoms with Gasteiger partial charge in [-0.05, 0) is 12.8 Å². The Labute approximate surface area is 79.8 Å². The van der Waals surface area contributed by atoms with Crippen LogP contribution in [0.2, 0.25) is 0 Å².